The number of aromatic nitrogens is 2. The van der Waals surface area contributed by atoms with Gasteiger partial charge in [-0.2, -0.15) is 0 Å². The minimum Gasteiger partial charge on any atom is -0.374 e. The van der Waals surface area contributed by atoms with Crippen LogP contribution in [0.2, 0.25) is 0 Å². The highest BCUT2D eigenvalue weighted by atomic mass is 127. The number of nitrogens with zero attached hydrogens (tertiary/aromatic N) is 1. The monoisotopic (exact) mass is 384 g/mol. The lowest BCUT2D eigenvalue weighted by molar-refractivity contribution is 0.0874. The molecule has 0 saturated heterocycles. The second kappa shape index (κ2) is 6.99. The maximum atomic E-state index is 12.1. The van der Waals surface area contributed by atoms with Crippen LogP contribution in [0.4, 0.5) is 0 Å². The molecule has 0 aliphatic carbocycles. The van der Waals surface area contributed by atoms with Crippen LogP contribution in [0.3, 0.4) is 0 Å². The van der Waals surface area contributed by atoms with Gasteiger partial charge in [0.05, 0.1) is 5.69 Å². The van der Waals surface area contributed by atoms with Crippen LogP contribution < -0.4 is 5.56 Å². The van der Waals surface area contributed by atoms with Gasteiger partial charge < -0.3 is 9.72 Å². The first-order valence-corrected chi connectivity index (χ1v) is 7.63. The van der Waals surface area contributed by atoms with E-state index in [1.54, 1.807) is 7.11 Å². The van der Waals surface area contributed by atoms with Crippen molar-refractivity contribution in [2.45, 2.75) is 25.9 Å². The highest BCUT2D eigenvalue weighted by molar-refractivity contribution is 14.1. The molecule has 2 rings (SSSR count). The van der Waals surface area contributed by atoms with Gasteiger partial charge in [0.2, 0.25) is 0 Å². The fourth-order valence-corrected chi connectivity index (χ4v) is 2.61. The fourth-order valence-electron chi connectivity index (χ4n) is 2.04. The fraction of sp³-hybridized carbons (Fsp3) is 0.333. The molecule has 1 unspecified atom stereocenters. The number of nitrogens with one attached hydrogen (secondary N) is 1. The van der Waals surface area contributed by atoms with Crippen molar-refractivity contribution in [2.75, 3.05) is 7.11 Å². The Balaban J connectivity index is 2.53. The summed E-state index contributed by atoms with van der Waals surface area (Å²) in [6.07, 6.45) is 1.62. The van der Waals surface area contributed by atoms with E-state index in [0.717, 1.165) is 18.4 Å². The standard InChI is InChI=1S/C15H17IN2O2/c1-3-7-11(20-2)14-17-13(12(16)15(19)18-14)10-8-5-4-6-9-10/h4-6,8-9,11H,3,7H2,1-2H3,(H,17,18,19). The molecule has 5 heteroatoms. The molecule has 1 atom stereocenters. The summed E-state index contributed by atoms with van der Waals surface area (Å²) in [6.45, 7) is 2.08. The summed E-state index contributed by atoms with van der Waals surface area (Å²) >= 11 is 2.03. The van der Waals surface area contributed by atoms with E-state index in [0.29, 0.717) is 15.1 Å². The number of hydrogen-bond donors (Lipinski definition) is 1. The van der Waals surface area contributed by atoms with E-state index in [-0.39, 0.29) is 11.7 Å². The van der Waals surface area contributed by atoms with E-state index in [1.165, 1.54) is 0 Å². The third-order valence-electron chi connectivity index (χ3n) is 3.07. The number of rotatable bonds is 5. The molecule has 0 aliphatic heterocycles. The minimum atomic E-state index is -0.174. The molecular weight excluding hydrogens is 367 g/mol. The number of benzene rings is 1. The maximum absolute atomic E-state index is 12.1. The first-order valence-electron chi connectivity index (χ1n) is 6.55. The lowest BCUT2D eigenvalue weighted by atomic mass is 10.1. The van der Waals surface area contributed by atoms with Crippen molar-refractivity contribution in [3.63, 3.8) is 0 Å². The molecule has 4 nitrogen and oxygen atoms in total. The minimum absolute atomic E-state index is 0.118. The Labute approximate surface area is 131 Å². The number of halogens is 1. The predicted octanol–water partition coefficient (Wildman–Crippen LogP) is 3.53. The van der Waals surface area contributed by atoms with E-state index in [4.69, 9.17) is 4.74 Å². The van der Waals surface area contributed by atoms with Gasteiger partial charge in [0.15, 0.2) is 0 Å². The maximum Gasteiger partial charge on any atom is 0.265 e. The molecule has 0 aliphatic rings. The van der Waals surface area contributed by atoms with E-state index < -0.39 is 0 Å². The van der Waals surface area contributed by atoms with Crippen LogP contribution in [0.15, 0.2) is 35.1 Å². The van der Waals surface area contributed by atoms with Crippen molar-refractivity contribution in [1.29, 1.82) is 0 Å². The Morgan fingerprint density at radius 2 is 2.05 bits per heavy atom. The predicted molar refractivity (Wildman–Crippen MR) is 87.7 cm³/mol. The third-order valence-corrected chi connectivity index (χ3v) is 4.07. The number of hydrogen-bond acceptors (Lipinski definition) is 3. The van der Waals surface area contributed by atoms with Gasteiger partial charge in [-0.05, 0) is 29.0 Å². The second-order valence-corrected chi connectivity index (χ2v) is 5.57. The van der Waals surface area contributed by atoms with Gasteiger partial charge in [0.25, 0.3) is 5.56 Å². The van der Waals surface area contributed by atoms with E-state index >= 15 is 0 Å². The molecule has 2 aromatic rings. The average molecular weight is 384 g/mol. The summed E-state index contributed by atoms with van der Waals surface area (Å²) in [4.78, 5) is 19.5. The quantitative estimate of drug-likeness (QED) is 0.803. The molecular formula is C15H17IN2O2. The molecule has 1 aromatic carbocycles. The summed E-state index contributed by atoms with van der Waals surface area (Å²) < 4.78 is 6.03. The van der Waals surface area contributed by atoms with Gasteiger partial charge in [-0.15, -0.1) is 0 Å². The molecule has 0 amide bonds. The smallest absolute Gasteiger partial charge is 0.265 e. The van der Waals surface area contributed by atoms with E-state index in [9.17, 15) is 4.79 Å². The molecule has 20 heavy (non-hydrogen) atoms. The molecule has 1 heterocycles. The lowest BCUT2D eigenvalue weighted by Crippen LogP contribution is -2.19. The summed E-state index contributed by atoms with van der Waals surface area (Å²) in [6, 6.07) is 9.73. The van der Waals surface area contributed by atoms with Crippen molar-refractivity contribution in [3.8, 4) is 11.3 Å². The summed E-state index contributed by atoms with van der Waals surface area (Å²) in [7, 11) is 1.64. The zero-order valence-corrected chi connectivity index (χ0v) is 13.7. The molecule has 0 bridgehead atoms. The van der Waals surface area contributed by atoms with E-state index in [1.807, 2.05) is 52.9 Å². The van der Waals surface area contributed by atoms with Crippen LogP contribution in [-0.2, 0) is 4.74 Å². The Bertz CT molecular complexity index is 626. The Morgan fingerprint density at radius 3 is 2.65 bits per heavy atom. The van der Waals surface area contributed by atoms with Crippen molar-refractivity contribution in [3.05, 3.63) is 50.1 Å². The molecule has 0 fully saturated rings. The first kappa shape index (κ1) is 15.2. The molecule has 0 spiro atoms. The third kappa shape index (κ3) is 3.27. The Hall–Kier alpha value is -1.21. The SMILES string of the molecule is CCCC(OC)c1nc(-c2ccccc2)c(I)c(=O)[nH]1. The van der Waals surface area contributed by atoms with Crippen molar-refractivity contribution in [2.24, 2.45) is 0 Å². The second-order valence-electron chi connectivity index (χ2n) is 4.49. The first-order chi connectivity index (χ1) is 9.67. The molecule has 0 radical (unpaired) electrons. The van der Waals surface area contributed by atoms with Crippen LogP contribution in [0.1, 0.15) is 31.7 Å². The highest BCUT2D eigenvalue weighted by Crippen LogP contribution is 2.24. The number of H-pyrrole nitrogens is 1. The van der Waals surface area contributed by atoms with Crippen LogP contribution in [0.5, 0.6) is 0 Å². The number of ether oxygens (including phenoxy) is 1. The van der Waals surface area contributed by atoms with Crippen LogP contribution in [0, 0.1) is 3.57 Å². The topological polar surface area (TPSA) is 55.0 Å². The number of methoxy groups -OCH3 is 1. The Morgan fingerprint density at radius 1 is 1.35 bits per heavy atom. The summed E-state index contributed by atoms with van der Waals surface area (Å²) in [5, 5.41) is 0. The van der Waals surface area contributed by atoms with Crippen LogP contribution >= 0.6 is 22.6 Å². The zero-order valence-electron chi connectivity index (χ0n) is 11.5. The van der Waals surface area contributed by atoms with Gasteiger partial charge >= 0.3 is 0 Å². The number of aromatic amines is 1. The van der Waals surface area contributed by atoms with Crippen LogP contribution in [-0.4, -0.2) is 17.1 Å². The summed E-state index contributed by atoms with van der Waals surface area (Å²) in [5.41, 5.74) is 1.53. The van der Waals surface area contributed by atoms with Gasteiger partial charge in [-0.1, -0.05) is 43.7 Å². The van der Waals surface area contributed by atoms with Crippen molar-refractivity contribution < 1.29 is 4.74 Å². The molecule has 1 aromatic heterocycles. The summed E-state index contributed by atoms with van der Waals surface area (Å²) in [5.74, 6) is 0.596. The average Bonchev–Trinajstić information content (AvgIpc) is 2.48. The van der Waals surface area contributed by atoms with Gasteiger partial charge in [0, 0.05) is 12.7 Å². The highest BCUT2D eigenvalue weighted by Gasteiger charge is 2.17. The lowest BCUT2D eigenvalue weighted by Gasteiger charge is -2.15. The van der Waals surface area contributed by atoms with Crippen molar-refractivity contribution >= 4 is 22.6 Å². The van der Waals surface area contributed by atoms with Gasteiger partial charge in [0.1, 0.15) is 15.5 Å². The molecule has 1 N–H and O–H groups in total. The normalized spacial score (nSPS) is 12.3. The Kier molecular flexibility index (Phi) is 5.31. The molecule has 106 valence electrons. The zero-order chi connectivity index (χ0) is 14.5. The largest absolute Gasteiger partial charge is 0.374 e. The van der Waals surface area contributed by atoms with Crippen LogP contribution in [0.25, 0.3) is 11.3 Å². The van der Waals surface area contributed by atoms with Crippen molar-refractivity contribution in [1.82, 2.24) is 9.97 Å². The van der Waals surface area contributed by atoms with Gasteiger partial charge in [-0.25, -0.2) is 4.98 Å². The van der Waals surface area contributed by atoms with Gasteiger partial charge in [-0.3, -0.25) is 4.79 Å². The molecule has 0 saturated carbocycles. The van der Waals surface area contributed by atoms with E-state index in [2.05, 4.69) is 16.9 Å².